The molecule has 1 N–H and O–H groups in total. The average Bonchev–Trinajstić information content (AvgIpc) is 2.85. The first-order chi connectivity index (χ1) is 11.9. The van der Waals surface area contributed by atoms with Crippen LogP contribution in [0.4, 0.5) is 0 Å². The second-order valence-electron chi connectivity index (χ2n) is 6.71. The number of hydrogen-bond donors (Lipinski definition) is 1. The molecule has 1 fully saturated rings. The molecule has 0 amide bonds. The van der Waals surface area contributed by atoms with Crippen LogP contribution in [-0.2, 0) is 9.53 Å². The van der Waals surface area contributed by atoms with Crippen molar-refractivity contribution in [3.63, 3.8) is 0 Å². The summed E-state index contributed by atoms with van der Waals surface area (Å²) in [6, 6.07) is 5.51. The maximum atomic E-state index is 12.5. The van der Waals surface area contributed by atoms with Gasteiger partial charge in [-0.15, -0.1) is 6.58 Å². The lowest BCUT2D eigenvalue weighted by Crippen LogP contribution is -2.54. The van der Waals surface area contributed by atoms with Gasteiger partial charge in [0, 0.05) is 5.41 Å². The fourth-order valence-electron chi connectivity index (χ4n) is 4.17. The van der Waals surface area contributed by atoms with E-state index in [4.69, 9.17) is 14.2 Å². The first-order valence-corrected chi connectivity index (χ1v) is 8.37. The summed E-state index contributed by atoms with van der Waals surface area (Å²) in [6.45, 7) is 5.82. The van der Waals surface area contributed by atoms with E-state index in [1.165, 1.54) is 6.08 Å². The van der Waals surface area contributed by atoms with Crippen LogP contribution in [0.5, 0.6) is 11.5 Å². The lowest BCUT2D eigenvalue weighted by atomic mass is 9.62. The maximum absolute atomic E-state index is 12.5. The molecule has 0 bridgehead atoms. The van der Waals surface area contributed by atoms with Crippen molar-refractivity contribution < 1.29 is 24.1 Å². The predicted octanol–water partition coefficient (Wildman–Crippen LogP) is 3.19. The maximum Gasteiger partial charge on any atom is 0.237 e. The minimum atomic E-state index is -1.84. The SMILES string of the molecule is C=CC[C@]12CC=CC(=O)[C@@]1(O)O[C@H](c1ccc(OC)c(OC)c1)[C@H]2C. The molecule has 134 valence electrons. The first-order valence-electron chi connectivity index (χ1n) is 8.37. The highest BCUT2D eigenvalue weighted by molar-refractivity contribution is 5.97. The van der Waals surface area contributed by atoms with E-state index in [2.05, 4.69) is 6.58 Å². The van der Waals surface area contributed by atoms with E-state index >= 15 is 0 Å². The smallest absolute Gasteiger partial charge is 0.237 e. The van der Waals surface area contributed by atoms with Gasteiger partial charge in [-0.3, -0.25) is 4.79 Å². The van der Waals surface area contributed by atoms with E-state index in [-0.39, 0.29) is 5.92 Å². The molecule has 0 radical (unpaired) electrons. The number of allylic oxidation sites excluding steroid dienone is 2. The number of ether oxygens (including phenoxy) is 3. The Kier molecular flexibility index (Phi) is 4.47. The number of aliphatic hydroxyl groups is 1. The average molecular weight is 344 g/mol. The van der Waals surface area contributed by atoms with Crippen LogP contribution >= 0.6 is 0 Å². The molecular formula is C20H24O5. The number of benzene rings is 1. The minimum Gasteiger partial charge on any atom is -0.493 e. The highest BCUT2D eigenvalue weighted by Crippen LogP contribution is 2.61. The van der Waals surface area contributed by atoms with Crippen LogP contribution < -0.4 is 9.47 Å². The minimum absolute atomic E-state index is 0.0949. The second kappa shape index (κ2) is 6.32. The molecule has 1 heterocycles. The summed E-state index contributed by atoms with van der Waals surface area (Å²) in [4.78, 5) is 12.5. The van der Waals surface area contributed by atoms with Crippen molar-refractivity contribution in [1.82, 2.24) is 0 Å². The standard InChI is InChI=1S/C20H24O5/c1-5-10-19-11-6-7-17(21)20(19,22)25-18(13(19)2)14-8-9-15(23-3)16(12-14)24-4/h5-9,12-13,18,22H,1,10-11H2,2-4H3/t13-,18+,19-,20-/m1/s1. The van der Waals surface area contributed by atoms with E-state index in [1.807, 2.05) is 25.1 Å². The van der Waals surface area contributed by atoms with Crippen molar-refractivity contribution in [1.29, 1.82) is 0 Å². The molecule has 25 heavy (non-hydrogen) atoms. The van der Waals surface area contributed by atoms with Crippen LogP contribution in [0.25, 0.3) is 0 Å². The van der Waals surface area contributed by atoms with E-state index in [1.54, 1.807) is 26.4 Å². The summed E-state index contributed by atoms with van der Waals surface area (Å²) in [5.41, 5.74) is 0.113. The largest absolute Gasteiger partial charge is 0.493 e. The fourth-order valence-corrected chi connectivity index (χ4v) is 4.17. The molecule has 1 aliphatic heterocycles. The topological polar surface area (TPSA) is 65.0 Å². The number of methoxy groups -OCH3 is 2. The Morgan fingerprint density at radius 3 is 2.72 bits per heavy atom. The lowest BCUT2D eigenvalue weighted by Gasteiger charge is -2.42. The summed E-state index contributed by atoms with van der Waals surface area (Å²) >= 11 is 0. The Morgan fingerprint density at radius 2 is 2.08 bits per heavy atom. The zero-order chi connectivity index (χ0) is 18.2. The number of ketones is 1. The fraction of sp³-hybridized carbons (Fsp3) is 0.450. The molecule has 4 atom stereocenters. The van der Waals surface area contributed by atoms with Crippen LogP contribution in [-0.4, -0.2) is 30.9 Å². The normalized spacial score (nSPS) is 33.8. The summed E-state index contributed by atoms with van der Waals surface area (Å²) in [5.74, 6) is -1.14. The number of fused-ring (bicyclic) bond motifs is 1. The predicted molar refractivity (Wildman–Crippen MR) is 93.5 cm³/mol. The Balaban J connectivity index is 2.06. The van der Waals surface area contributed by atoms with Crippen LogP contribution in [0.15, 0.2) is 43.0 Å². The van der Waals surface area contributed by atoms with Gasteiger partial charge in [-0.05, 0) is 42.5 Å². The third kappa shape index (κ3) is 2.41. The molecule has 0 saturated carbocycles. The molecule has 5 nitrogen and oxygen atoms in total. The summed E-state index contributed by atoms with van der Waals surface area (Å²) < 4.78 is 16.7. The van der Waals surface area contributed by atoms with Gasteiger partial charge >= 0.3 is 0 Å². The number of hydrogen-bond acceptors (Lipinski definition) is 5. The quantitative estimate of drug-likeness (QED) is 0.831. The third-order valence-corrected chi connectivity index (χ3v) is 5.63. The number of carbonyl (C=O) groups is 1. The Labute approximate surface area is 147 Å². The van der Waals surface area contributed by atoms with Gasteiger partial charge < -0.3 is 19.3 Å². The van der Waals surface area contributed by atoms with Gasteiger partial charge in [-0.25, -0.2) is 0 Å². The number of carbonyl (C=O) groups excluding carboxylic acids is 1. The van der Waals surface area contributed by atoms with Gasteiger partial charge in [0.25, 0.3) is 0 Å². The molecule has 1 aromatic rings. The van der Waals surface area contributed by atoms with Crippen LogP contribution in [0, 0.1) is 11.3 Å². The molecule has 2 aliphatic rings. The molecular weight excluding hydrogens is 320 g/mol. The van der Waals surface area contributed by atoms with Crippen molar-refractivity contribution >= 4 is 5.78 Å². The molecule has 1 aromatic carbocycles. The Hall–Kier alpha value is -2.11. The Bertz CT molecular complexity index is 725. The highest BCUT2D eigenvalue weighted by Gasteiger charge is 2.66. The van der Waals surface area contributed by atoms with Gasteiger partial charge in [-0.2, -0.15) is 0 Å². The first kappa shape index (κ1) is 17.7. The van der Waals surface area contributed by atoms with E-state index in [0.29, 0.717) is 24.3 Å². The second-order valence-corrected chi connectivity index (χ2v) is 6.71. The molecule has 0 aromatic heterocycles. The monoisotopic (exact) mass is 344 g/mol. The van der Waals surface area contributed by atoms with Crippen molar-refractivity contribution in [2.45, 2.75) is 31.7 Å². The molecule has 1 aliphatic carbocycles. The Morgan fingerprint density at radius 1 is 1.36 bits per heavy atom. The summed E-state index contributed by atoms with van der Waals surface area (Å²) in [7, 11) is 3.15. The van der Waals surface area contributed by atoms with E-state index < -0.39 is 23.1 Å². The van der Waals surface area contributed by atoms with Gasteiger partial charge in [0.2, 0.25) is 11.6 Å². The molecule has 5 heteroatoms. The van der Waals surface area contributed by atoms with Gasteiger partial charge in [0.15, 0.2) is 11.5 Å². The third-order valence-electron chi connectivity index (χ3n) is 5.63. The van der Waals surface area contributed by atoms with Gasteiger partial charge in [-0.1, -0.05) is 25.1 Å². The summed E-state index contributed by atoms with van der Waals surface area (Å²) in [6.07, 6.45) is 5.58. The van der Waals surface area contributed by atoms with Crippen molar-refractivity contribution in [2.24, 2.45) is 11.3 Å². The van der Waals surface area contributed by atoms with Crippen LogP contribution in [0.3, 0.4) is 0 Å². The zero-order valence-corrected chi connectivity index (χ0v) is 14.8. The molecule has 0 unspecified atom stereocenters. The highest BCUT2D eigenvalue weighted by atomic mass is 16.6. The van der Waals surface area contributed by atoms with Crippen LogP contribution in [0.2, 0.25) is 0 Å². The molecule has 3 rings (SSSR count). The zero-order valence-electron chi connectivity index (χ0n) is 14.8. The van der Waals surface area contributed by atoms with E-state index in [9.17, 15) is 9.90 Å². The van der Waals surface area contributed by atoms with Gasteiger partial charge in [0.05, 0.1) is 20.3 Å². The van der Waals surface area contributed by atoms with Crippen molar-refractivity contribution in [3.05, 3.63) is 48.6 Å². The molecule has 1 saturated heterocycles. The number of rotatable bonds is 5. The summed E-state index contributed by atoms with van der Waals surface area (Å²) in [5, 5.41) is 11.2. The lowest BCUT2D eigenvalue weighted by molar-refractivity contribution is -0.229. The van der Waals surface area contributed by atoms with Crippen molar-refractivity contribution in [3.8, 4) is 11.5 Å². The van der Waals surface area contributed by atoms with Crippen molar-refractivity contribution in [2.75, 3.05) is 14.2 Å². The van der Waals surface area contributed by atoms with Gasteiger partial charge in [0.1, 0.15) is 0 Å². The van der Waals surface area contributed by atoms with Crippen LogP contribution in [0.1, 0.15) is 31.4 Å². The van der Waals surface area contributed by atoms with E-state index in [0.717, 1.165) is 5.56 Å². The molecule has 0 spiro atoms.